The van der Waals surface area contributed by atoms with Crippen LogP contribution in [0.1, 0.15) is 57.0 Å². The molecule has 1 unspecified atom stereocenters. The quantitative estimate of drug-likeness (QED) is 0.0316. The van der Waals surface area contributed by atoms with Crippen molar-refractivity contribution in [2.24, 2.45) is 4.99 Å². The lowest BCUT2D eigenvalue weighted by Gasteiger charge is -2.42. The molecule has 3 aromatic carbocycles. The van der Waals surface area contributed by atoms with Crippen LogP contribution in [0.5, 0.6) is 11.5 Å². The standard InChI is InChI=1S/C45H56N9O9PS/c1-30(2)54(31(3)4)64(61-25-13-24-46)63-39-38-42(52-29-47-37-40(52)49-43(50-41(37)55)48-28-51(5)6)62-44(39,26-53(38)65(9,56)57)27-60-45(32-14-11-10-12-15-32,33-16-20-35(58-7)21-17-33)34-18-22-36(59-8)23-19-34/h10-12,14-23,28-31,38-39,42H,13,25-27H2,1-9H3,(H,49,50,55)/t38-,39+,42-,44-,64?/m1/s1. The van der Waals surface area contributed by atoms with E-state index in [1.54, 1.807) is 37.8 Å². The molecule has 1 N–H and O–H groups in total. The molecule has 2 aliphatic rings. The summed E-state index contributed by atoms with van der Waals surface area (Å²) in [4.78, 5) is 31.2. The fourth-order valence-corrected chi connectivity index (χ4v) is 11.5. The number of nitriles is 1. The van der Waals surface area contributed by atoms with Gasteiger partial charge >= 0.3 is 0 Å². The first kappa shape index (κ1) is 47.7. The van der Waals surface area contributed by atoms with Gasteiger partial charge in [0.05, 0.1) is 64.9 Å². The summed E-state index contributed by atoms with van der Waals surface area (Å²) < 4.78 is 72.8. The molecule has 2 bridgehead atoms. The predicted molar refractivity (Wildman–Crippen MR) is 247 cm³/mol. The minimum absolute atomic E-state index is 0.00355. The Morgan fingerprint density at radius 2 is 1.60 bits per heavy atom. The molecule has 0 amide bonds. The van der Waals surface area contributed by atoms with Gasteiger partial charge in [-0.15, -0.1) is 0 Å². The van der Waals surface area contributed by atoms with Gasteiger partial charge in [-0.25, -0.2) is 23.1 Å². The summed E-state index contributed by atoms with van der Waals surface area (Å²) in [5, 5.41) is 9.54. The Bertz CT molecular complexity index is 2600. The number of fused-ring (bicyclic) bond motifs is 3. The van der Waals surface area contributed by atoms with Crippen molar-refractivity contribution in [3.8, 4) is 17.6 Å². The average molecular weight is 930 g/mol. The highest BCUT2D eigenvalue weighted by atomic mass is 32.2. The van der Waals surface area contributed by atoms with E-state index in [9.17, 15) is 18.5 Å². The molecule has 0 radical (unpaired) electrons. The van der Waals surface area contributed by atoms with E-state index in [4.69, 9.17) is 28.0 Å². The first-order valence-electron chi connectivity index (χ1n) is 21.1. The second-order valence-corrected chi connectivity index (χ2v) is 20.0. The predicted octanol–water partition coefficient (Wildman–Crippen LogP) is 5.94. The van der Waals surface area contributed by atoms with Gasteiger partial charge in [-0.2, -0.15) is 14.6 Å². The molecule has 2 aromatic heterocycles. The Balaban J connectivity index is 1.45. The maximum absolute atomic E-state index is 14.1. The first-order chi connectivity index (χ1) is 31.1. The van der Waals surface area contributed by atoms with E-state index in [0.29, 0.717) is 11.5 Å². The molecule has 20 heteroatoms. The van der Waals surface area contributed by atoms with E-state index < -0.39 is 53.7 Å². The summed E-state index contributed by atoms with van der Waals surface area (Å²) in [7, 11) is 0.796. The third-order valence-electron chi connectivity index (χ3n) is 11.3. The normalized spacial score (nSPS) is 20.6. The van der Waals surface area contributed by atoms with Crippen molar-refractivity contribution in [1.82, 2.24) is 33.4 Å². The van der Waals surface area contributed by atoms with Crippen molar-refractivity contribution in [3.05, 3.63) is 112 Å². The Labute approximate surface area is 380 Å². The maximum Gasteiger partial charge on any atom is 0.280 e. The highest BCUT2D eigenvalue weighted by molar-refractivity contribution is 7.88. The number of rotatable bonds is 20. The zero-order valence-corrected chi connectivity index (χ0v) is 39.7. The number of morpholine rings is 1. The number of imidazole rings is 1. The van der Waals surface area contributed by atoms with Crippen LogP contribution in [0.2, 0.25) is 0 Å². The number of hydrogen-bond donors (Lipinski definition) is 1. The van der Waals surface area contributed by atoms with Gasteiger partial charge in [-0.1, -0.05) is 54.6 Å². The van der Waals surface area contributed by atoms with Crippen molar-refractivity contribution in [3.63, 3.8) is 0 Å². The van der Waals surface area contributed by atoms with Crippen molar-refractivity contribution >= 4 is 42.0 Å². The molecule has 5 atom stereocenters. The van der Waals surface area contributed by atoms with Crippen molar-refractivity contribution in [2.45, 2.75) is 75.8 Å². The van der Waals surface area contributed by atoms with E-state index in [-0.39, 0.29) is 55.4 Å². The summed E-state index contributed by atoms with van der Waals surface area (Å²) >= 11 is 0. The fourth-order valence-electron chi connectivity index (χ4n) is 8.54. The molecule has 5 aromatic rings. The topological polar surface area (TPSA) is 199 Å². The maximum atomic E-state index is 14.1. The van der Waals surface area contributed by atoms with Crippen molar-refractivity contribution in [2.75, 3.05) is 54.3 Å². The smallest absolute Gasteiger partial charge is 0.280 e. The van der Waals surface area contributed by atoms with Crippen LogP contribution >= 0.6 is 8.53 Å². The number of aromatic amines is 1. The molecule has 2 saturated heterocycles. The van der Waals surface area contributed by atoms with Gasteiger partial charge in [0.25, 0.3) is 14.1 Å². The minimum atomic E-state index is -4.00. The minimum Gasteiger partial charge on any atom is -0.497 e. The number of hydrogen-bond acceptors (Lipinski definition) is 14. The van der Waals surface area contributed by atoms with E-state index in [2.05, 4.69) is 30.7 Å². The first-order valence-corrected chi connectivity index (χ1v) is 24.1. The van der Waals surface area contributed by atoms with Crippen LogP contribution in [0.15, 0.2) is 95.0 Å². The Morgan fingerprint density at radius 1 is 1.00 bits per heavy atom. The SMILES string of the molecule is COc1ccc(C(OC[C@@]23CN(S(C)(=O)=O)[C@@H]([C@H](n4cnc5c(=O)[nH]c(N=CN(C)C)nc54)O2)[C@@H]3OP(OCCC#N)N(C(C)C)C(C)C)(c2ccccc2)c2ccc(OC)cc2)cc1. The van der Waals surface area contributed by atoms with Crippen LogP contribution in [-0.2, 0) is 34.1 Å². The third kappa shape index (κ3) is 9.54. The molecule has 0 spiro atoms. The zero-order valence-electron chi connectivity index (χ0n) is 38.0. The molecule has 0 saturated carbocycles. The summed E-state index contributed by atoms with van der Waals surface area (Å²) in [6.45, 7) is 7.75. The lowest BCUT2D eigenvalue weighted by atomic mass is 9.79. The fraction of sp³-hybridized carbons (Fsp3) is 0.444. The second-order valence-electron chi connectivity index (χ2n) is 16.7. The highest BCUT2D eigenvalue weighted by Crippen LogP contribution is 2.57. The van der Waals surface area contributed by atoms with Gasteiger partial charge in [0, 0.05) is 32.7 Å². The number of methoxy groups -OCH3 is 2. The van der Waals surface area contributed by atoms with Gasteiger partial charge in [-0.3, -0.25) is 14.3 Å². The lowest BCUT2D eigenvalue weighted by Crippen LogP contribution is -2.51. The second kappa shape index (κ2) is 19.7. The van der Waals surface area contributed by atoms with Crippen LogP contribution in [0.4, 0.5) is 5.95 Å². The number of ether oxygens (including phenoxy) is 4. The summed E-state index contributed by atoms with van der Waals surface area (Å²) in [5.74, 6) is 1.29. The molecular formula is C45H56N9O9PS. The molecule has 18 nitrogen and oxygen atoms in total. The highest BCUT2D eigenvalue weighted by Gasteiger charge is 2.69. The summed E-state index contributed by atoms with van der Waals surface area (Å²) in [6, 6.07) is 25.8. The van der Waals surface area contributed by atoms with E-state index in [1.165, 1.54) is 17.0 Å². The summed E-state index contributed by atoms with van der Waals surface area (Å²) in [5.41, 5.74) is -1.03. The Kier molecular flexibility index (Phi) is 14.4. The number of aromatic nitrogens is 4. The molecule has 65 heavy (non-hydrogen) atoms. The van der Waals surface area contributed by atoms with Crippen LogP contribution < -0.4 is 15.0 Å². The van der Waals surface area contributed by atoms with Gasteiger partial charge in [-0.05, 0) is 68.7 Å². The van der Waals surface area contributed by atoms with E-state index in [1.807, 2.05) is 107 Å². The average Bonchev–Trinajstić information content (AvgIpc) is 3.95. The van der Waals surface area contributed by atoms with Crippen molar-refractivity contribution < 1.29 is 36.4 Å². The molecule has 2 fully saturated rings. The van der Waals surface area contributed by atoms with Gasteiger partial charge in [0.2, 0.25) is 16.0 Å². The molecule has 4 heterocycles. The number of aliphatic imine (C=N–C) groups is 1. The zero-order chi connectivity index (χ0) is 46.7. The van der Waals surface area contributed by atoms with Crippen LogP contribution in [0.3, 0.4) is 0 Å². The largest absolute Gasteiger partial charge is 0.497 e. The molecule has 7 rings (SSSR count). The number of nitrogens with zero attached hydrogens (tertiary/aromatic N) is 8. The number of nitrogens with one attached hydrogen (secondary N) is 1. The summed E-state index contributed by atoms with van der Waals surface area (Å²) in [6.07, 6.45) is 1.95. The number of benzene rings is 3. The van der Waals surface area contributed by atoms with Crippen LogP contribution in [0, 0.1) is 11.3 Å². The Hall–Kier alpha value is -5.29. The van der Waals surface area contributed by atoms with Gasteiger partial charge in [0.15, 0.2) is 17.4 Å². The van der Waals surface area contributed by atoms with Gasteiger partial charge in [0.1, 0.15) is 28.8 Å². The molecule has 2 aliphatic heterocycles. The number of H-pyrrole nitrogens is 1. The van der Waals surface area contributed by atoms with Crippen LogP contribution in [0.25, 0.3) is 11.2 Å². The lowest BCUT2D eigenvalue weighted by molar-refractivity contribution is -0.168. The van der Waals surface area contributed by atoms with Crippen LogP contribution in [-0.4, -0.2) is 132 Å². The van der Waals surface area contributed by atoms with Crippen molar-refractivity contribution in [1.29, 1.82) is 5.26 Å². The molecule has 346 valence electrons. The van der Waals surface area contributed by atoms with E-state index >= 15 is 0 Å². The van der Waals surface area contributed by atoms with E-state index in [0.717, 1.165) is 22.9 Å². The third-order valence-corrected chi connectivity index (χ3v) is 14.7. The number of sulfonamides is 1. The molecular weight excluding hydrogens is 874 g/mol. The molecule has 0 aliphatic carbocycles. The monoisotopic (exact) mass is 929 g/mol. The van der Waals surface area contributed by atoms with Gasteiger partial charge < -0.3 is 32.9 Å². The Morgan fingerprint density at radius 3 is 2.14 bits per heavy atom.